The van der Waals surface area contributed by atoms with Gasteiger partial charge in [-0.25, -0.2) is 4.98 Å². The van der Waals surface area contributed by atoms with Crippen molar-refractivity contribution in [3.8, 4) is 0 Å². The van der Waals surface area contributed by atoms with E-state index in [1.165, 1.54) is 12.1 Å². The van der Waals surface area contributed by atoms with Crippen molar-refractivity contribution in [3.63, 3.8) is 0 Å². The fourth-order valence-electron chi connectivity index (χ4n) is 2.94. The summed E-state index contributed by atoms with van der Waals surface area (Å²) in [4.78, 5) is 18.0. The van der Waals surface area contributed by atoms with Gasteiger partial charge in [0.25, 0.3) is 0 Å². The Labute approximate surface area is 120 Å². The van der Waals surface area contributed by atoms with Gasteiger partial charge in [0.15, 0.2) is 0 Å². The summed E-state index contributed by atoms with van der Waals surface area (Å²) >= 11 is 0. The van der Waals surface area contributed by atoms with E-state index in [1.54, 1.807) is 14.0 Å². The molecule has 2 rings (SSSR count). The van der Waals surface area contributed by atoms with Gasteiger partial charge in [0.05, 0.1) is 6.61 Å². The van der Waals surface area contributed by atoms with Crippen LogP contribution in [0.5, 0.6) is 0 Å². The van der Waals surface area contributed by atoms with Crippen molar-refractivity contribution < 1.29 is 9.53 Å². The Morgan fingerprint density at radius 1 is 1.55 bits per heavy atom. The Kier molecular flexibility index (Phi) is 5.17. The van der Waals surface area contributed by atoms with Crippen LogP contribution in [0.2, 0.25) is 0 Å². The Morgan fingerprint density at radius 3 is 3.05 bits per heavy atom. The fraction of sp³-hybridized carbons (Fsp3) is 0.733. The van der Waals surface area contributed by atoms with E-state index in [9.17, 15) is 4.79 Å². The van der Waals surface area contributed by atoms with E-state index in [0.29, 0.717) is 12.5 Å². The molecule has 1 aromatic heterocycles. The van der Waals surface area contributed by atoms with Crippen LogP contribution in [0.25, 0.3) is 0 Å². The third kappa shape index (κ3) is 3.60. The molecule has 2 heterocycles. The van der Waals surface area contributed by atoms with Gasteiger partial charge in [-0.1, -0.05) is 0 Å². The molecule has 1 unspecified atom stereocenters. The lowest BCUT2D eigenvalue weighted by atomic mass is 9.94. The molecule has 5 heteroatoms. The highest BCUT2D eigenvalue weighted by molar-refractivity contribution is 5.73. The van der Waals surface area contributed by atoms with Gasteiger partial charge in [-0.05, 0) is 25.7 Å². The summed E-state index contributed by atoms with van der Waals surface area (Å²) in [6.45, 7) is 7.06. The predicted octanol–water partition coefficient (Wildman–Crippen LogP) is 1.64. The highest BCUT2D eigenvalue weighted by atomic mass is 16.5. The average molecular weight is 279 g/mol. The zero-order valence-corrected chi connectivity index (χ0v) is 12.8. The predicted molar refractivity (Wildman–Crippen MR) is 77.5 cm³/mol. The maximum Gasteiger partial charge on any atom is 0.219 e. The first kappa shape index (κ1) is 15.0. The molecule has 5 nitrogen and oxygen atoms in total. The van der Waals surface area contributed by atoms with E-state index in [4.69, 9.17) is 4.74 Å². The van der Waals surface area contributed by atoms with E-state index < -0.39 is 0 Å². The summed E-state index contributed by atoms with van der Waals surface area (Å²) in [5.74, 6) is 1.83. The second kappa shape index (κ2) is 6.88. The van der Waals surface area contributed by atoms with Gasteiger partial charge < -0.3 is 14.2 Å². The third-order valence-electron chi connectivity index (χ3n) is 4.09. The molecule has 20 heavy (non-hydrogen) atoms. The number of aryl methyl sites for hydroxylation is 1. The van der Waals surface area contributed by atoms with Crippen molar-refractivity contribution in [3.05, 3.63) is 17.7 Å². The first-order chi connectivity index (χ1) is 9.61. The number of piperidine rings is 1. The fourth-order valence-corrected chi connectivity index (χ4v) is 2.94. The molecule has 1 aromatic rings. The zero-order valence-electron chi connectivity index (χ0n) is 12.8. The summed E-state index contributed by atoms with van der Waals surface area (Å²) in [6.07, 6.45) is 5.15. The number of rotatable bonds is 5. The molecule has 0 N–H and O–H groups in total. The van der Waals surface area contributed by atoms with Crippen LogP contribution in [-0.4, -0.2) is 47.2 Å². The highest BCUT2D eigenvalue weighted by Gasteiger charge is 2.23. The second-order valence-corrected chi connectivity index (χ2v) is 5.64. The number of aromatic nitrogens is 2. The first-order valence-corrected chi connectivity index (χ1v) is 7.37. The number of methoxy groups -OCH3 is 1. The molecule has 0 spiro atoms. The van der Waals surface area contributed by atoms with Gasteiger partial charge in [-0.2, -0.15) is 0 Å². The van der Waals surface area contributed by atoms with Crippen LogP contribution < -0.4 is 0 Å². The standard InChI is InChI=1S/C15H25N3O2/c1-12-10-16-15(18(12)7-8-20-3)9-14-5-4-6-17(11-14)13(2)19/h10,14H,4-9,11H2,1-3H3. The average Bonchev–Trinajstić information content (AvgIpc) is 2.77. The number of ether oxygens (including phenoxy) is 1. The topological polar surface area (TPSA) is 47.4 Å². The van der Waals surface area contributed by atoms with Gasteiger partial charge in [0.1, 0.15) is 5.82 Å². The van der Waals surface area contributed by atoms with Crippen LogP contribution in [0.1, 0.15) is 31.3 Å². The Balaban J connectivity index is 2.00. The summed E-state index contributed by atoms with van der Waals surface area (Å²) in [7, 11) is 1.72. The second-order valence-electron chi connectivity index (χ2n) is 5.64. The lowest BCUT2D eigenvalue weighted by molar-refractivity contribution is -0.130. The minimum atomic E-state index is 0.189. The molecule has 1 amide bonds. The number of carbonyl (C=O) groups excluding carboxylic acids is 1. The Bertz CT molecular complexity index is 456. The molecule has 0 aliphatic carbocycles. The van der Waals surface area contributed by atoms with Crippen molar-refractivity contribution in [2.24, 2.45) is 5.92 Å². The Hall–Kier alpha value is -1.36. The van der Waals surface area contributed by atoms with Crippen LogP contribution in [-0.2, 0) is 22.5 Å². The normalized spacial score (nSPS) is 19.4. The van der Waals surface area contributed by atoms with E-state index in [2.05, 4.69) is 16.5 Å². The maximum atomic E-state index is 11.5. The zero-order chi connectivity index (χ0) is 14.5. The molecule has 0 saturated carbocycles. The molecule has 1 aliphatic heterocycles. The largest absolute Gasteiger partial charge is 0.383 e. The van der Waals surface area contributed by atoms with Crippen molar-refractivity contribution in [2.75, 3.05) is 26.8 Å². The van der Waals surface area contributed by atoms with Gasteiger partial charge in [0, 0.05) is 52.0 Å². The van der Waals surface area contributed by atoms with Crippen LogP contribution in [0.15, 0.2) is 6.20 Å². The van der Waals surface area contributed by atoms with Crippen molar-refractivity contribution in [1.82, 2.24) is 14.5 Å². The van der Waals surface area contributed by atoms with Crippen molar-refractivity contribution in [1.29, 1.82) is 0 Å². The van der Waals surface area contributed by atoms with Crippen LogP contribution in [0, 0.1) is 12.8 Å². The van der Waals surface area contributed by atoms with Crippen LogP contribution in [0.4, 0.5) is 0 Å². The quantitative estimate of drug-likeness (QED) is 0.823. The molecule has 0 radical (unpaired) electrons. The number of likely N-dealkylation sites (tertiary alicyclic amines) is 1. The smallest absolute Gasteiger partial charge is 0.219 e. The van der Waals surface area contributed by atoms with Gasteiger partial charge in [-0.15, -0.1) is 0 Å². The molecule has 1 aliphatic rings. The molecular weight excluding hydrogens is 254 g/mol. The van der Waals surface area contributed by atoms with E-state index >= 15 is 0 Å². The minimum Gasteiger partial charge on any atom is -0.383 e. The number of hydrogen-bond acceptors (Lipinski definition) is 3. The molecule has 112 valence electrons. The SMILES string of the molecule is COCCn1c(C)cnc1CC1CCCN(C(C)=O)C1. The van der Waals surface area contributed by atoms with Gasteiger partial charge in [0.2, 0.25) is 5.91 Å². The number of carbonyl (C=O) groups is 1. The molecular formula is C15H25N3O2. The Morgan fingerprint density at radius 2 is 2.35 bits per heavy atom. The molecule has 1 saturated heterocycles. The maximum absolute atomic E-state index is 11.5. The van der Waals surface area contributed by atoms with E-state index in [0.717, 1.165) is 38.3 Å². The first-order valence-electron chi connectivity index (χ1n) is 7.37. The molecule has 1 atom stereocenters. The number of imidazole rings is 1. The summed E-state index contributed by atoms with van der Waals surface area (Å²) in [5, 5.41) is 0. The highest BCUT2D eigenvalue weighted by Crippen LogP contribution is 2.21. The van der Waals surface area contributed by atoms with Crippen molar-refractivity contribution in [2.45, 2.75) is 39.7 Å². The molecule has 1 fully saturated rings. The number of nitrogens with zero attached hydrogens (tertiary/aromatic N) is 3. The van der Waals surface area contributed by atoms with Gasteiger partial charge >= 0.3 is 0 Å². The summed E-state index contributed by atoms with van der Waals surface area (Å²) < 4.78 is 7.39. The van der Waals surface area contributed by atoms with Crippen LogP contribution >= 0.6 is 0 Å². The number of hydrogen-bond donors (Lipinski definition) is 0. The van der Waals surface area contributed by atoms with Gasteiger partial charge in [-0.3, -0.25) is 4.79 Å². The lowest BCUT2D eigenvalue weighted by Crippen LogP contribution is -2.39. The van der Waals surface area contributed by atoms with Crippen LogP contribution in [0.3, 0.4) is 0 Å². The molecule has 0 bridgehead atoms. The third-order valence-corrected chi connectivity index (χ3v) is 4.09. The molecule has 0 aromatic carbocycles. The van der Waals surface area contributed by atoms with Crippen molar-refractivity contribution >= 4 is 5.91 Å². The minimum absolute atomic E-state index is 0.189. The monoisotopic (exact) mass is 279 g/mol. The summed E-state index contributed by atoms with van der Waals surface area (Å²) in [6, 6.07) is 0. The van der Waals surface area contributed by atoms with E-state index in [1.807, 2.05) is 11.1 Å². The number of amides is 1. The summed E-state index contributed by atoms with van der Waals surface area (Å²) in [5.41, 5.74) is 1.18. The lowest BCUT2D eigenvalue weighted by Gasteiger charge is -2.32. The van der Waals surface area contributed by atoms with E-state index in [-0.39, 0.29) is 5.91 Å².